The van der Waals surface area contributed by atoms with E-state index in [1.54, 1.807) is 12.1 Å². The van der Waals surface area contributed by atoms with Crippen LogP contribution in [0, 0.1) is 0 Å². The van der Waals surface area contributed by atoms with Crippen LogP contribution in [0.25, 0.3) is 0 Å². The van der Waals surface area contributed by atoms with Crippen LogP contribution < -0.4 is 0 Å². The number of carboxylic acids is 1. The van der Waals surface area contributed by atoms with Crippen LogP contribution in [0.3, 0.4) is 0 Å². The number of benzene rings is 3. The van der Waals surface area contributed by atoms with E-state index >= 15 is 0 Å². The average Bonchev–Trinajstić information content (AvgIpc) is 2.69. The van der Waals surface area contributed by atoms with E-state index in [-0.39, 0.29) is 12.2 Å². The highest BCUT2D eigenvalue weighted by Gasteiger charge is 2.32. The molecule has 130 valence electrons. The summed E-state index contributed by atoms with van der Waals surface area (Å²) in [4.78, 5) is 24.9. The summed E-state index contributed by atoms with van der Waals surface area (Å²) in [6.07, 6.45) is 0.139. The molecular formula is C23H20O3. The Bertz CT molecular complexity index is 858. The molecule has 0 heterocycles. The largest absolute Gasteiger partial charge is 0.481 e. The third-order valence-electron chi connectivity index (χ3n) is 4.56. The van der Waals surface area contributed by atoms with E-state index in [1.807, 2.05) is 78.9 Å². The minimum atomic E-state index is -0.925. The minimum Gasteiger partial charge on any atom is -0.481 e. The van der Waals surface area contributed by atoms with E-state index in [2.05, 4.69) is 0 Å². The van der Waals surface area contributed by atoms with Crippen LogP contribution in [0.1, 0.15) is 39.7 Å². The molecule has 0 bridgehead atoms. The van der Waals surface area contributed by atoms with Crippen LogP contribution in [-0.4, -0.2) is 16.9 Å². The predicted octanol–water partition coefficient (Wildman–Crippen LogP) is 4.91. The number of rotatable bonds is 7. The van der Waals surface area contributed by atoms with Gasteiger partial charge in [-0.05, 0) is 11.1 Å². The van der Waals surface area contributed by atoms with Crippen molar-refractivity contribution in [3.05, 3.63) is 108 Å². The predicted molar refractivity (Wildman–Crippen MR) is 101 cm³/mol. The summed E-state index contributed by atoms with van der Waals surface area (Å²) in [7, 11) is 0. The molecule has 0 aliphatic rings. The smallest absolute Gasteiger partial charge is 0.311 e. The van der Waals surface area contributed by atoms with Crippen molar-refractivity contribution >= 4 is 11.8 Å². The molecule has 0 fully saturated rings. The Kier molecular flexibility index (Phi) is 5.59. The number of ketones is 1. The van der Waals surface area contributed by atoms with Gasteiger partial charge in [-0.25, -0.2) is 0 Å². The minimum absolute atomic E-state index is 0.0540. The van der Waals surface area contributed by atoms with Crippen LogP contribution >= 0.6 is 0 Å². The number of Topliss-reactive ketones (excluding diaryl/α,β-unsaturated/α-hetero) is 1. The fourth-order valence-corrected chi connectivity index (χ4v) is 3.28. The summed E-state index contributed by atoms with van der Waals surface area (Å²) in [6.45, 7) is 0. The van der Waals surface area contributed by atoms with Gasteiger partial charge in [-0.1, -0.05) is 91.0 Å². The monoisotopic (exact) mass is 344 g/mol. The van der Waals surface area contributed by atoms with Gasteiger partial charge in [0.05, 0.1) is 5.92 Å². The molecule has 0 aliphatic carbocycles. The molecule has 2 unspecified atom stereocenters. The van der Waals surface area contributed by atoms with Crippen molar-refractivity contribution in [3.8, 4) is 0 Å². The van der Waals surface area contributed by atoms with Gasteiger partial charge < -0.3 is 5.11 Å². The molecule has 0 spiro atoms. The Labute approximate surface area is 152 Å². The molecule has 0 radical (unpaired) electrons. The van der Waals surface area contributed by atoms with E-state index in [0.29, 0.717) is 11.1 Å². The lowest BCUT2D eigenvalue weighted by molar-refractivity contribution is -0.139. The van der Waals surface area contributed by atoms with Crippen molar-refractivity contribution in [3.63, 3.8) is 0 Å². The third kappa shape index (κ3) is 4.06. The Morgan fingerprint density at radius 1 is 0.692 bits per heavy atom. The zero-order valence-corrected chi connectivity index (χ0v) is 14.3. The second kappa shape index (κ2) is 8.26. The van der Waals surface area contributed by atoms with Crippen LogP contribution in [-0.2, 0) is 4.79 Å². The third-order valence-corrected chi connectivity index (χ3v) is 4.56. The lowest BCUT2D eigenvalue weighted by Gasteiger charge is -2.24. The topological polar surface area (TPSA) is 54.4 Å². The number of carbonyl (C=O) groups excluding carboxylic acids is 1. The molecule has 1 N–H and O–H groups in total. The van der Waals surface area contributed by atoms with Gasteiger partial charge in [0.25, 0.3) is 0 Å². The van der Waals surface area contributed by atoms with Gasteiger partial charge in [-0.2, -0.15) is 0 Å². The van der Waals surface area contributed by atoms with Crippen molar-refractivity contribution < 1.29 is 14.7 Å². The number of aliphatic carboxylic acids is 1. The van der Waals surface area contributed by atoms with Gasteiger partial charge in [0.2, 0.25) is 0 Å². The van der Waals surface area contributed by atoms with Gasteiger partial charge in [-0.15, -0.1) is 0 Å². The van der Waals surface area contributed by atoms with E-state index < -0.39 is 17.8 Å². The van der Waals surface area contributed by atoms with Crippen LogP contribution in [0.4, 0.5) is 0 Å². The molecule has 0 saturated carbocycles. The second-order valence-electron chi connectivity index (χ2n) is 6.24. The summed E-state index contributed by atoms with van der Waals surface area (Å²) < 4.78 is 0. The van der Waals surface area contributed by atoms with Crippen LogP contribution in [0.15, 0.2) is 91.0 Å². The molecule has 0 saturated heterocycles. The lowest BCUT2D eigenvalue weighted by atomic mass is 9.78. The fourth-order valence-electron chi connectivity index (χ4n) is 3.28. The zero-order chi connectivity index (χ0) is 18.4. The van der Waals surface area contributed by atoms with Crippen molar-refractivity contribution in [2.45, 2.75) is 18.3 Å². The van der Waals surface area contributed by atoms with E-state index in [9.17, 15) is 14.7 Å². The SMILES string of the molecule is O=C(CC(c1ccccc1)C(C(=O)O)c1ccccc1)c1ccccc1. The number of hydrogen-bond acceptors (Lipinski definition) is 2. The van der Waals surface area contributed by atoms with Crippen molar-refractivity contribution in [1.82, 2.24) is 0 Å². The number of carboxylic acid groups (broad SMARTS) is 1. The summed E-state index contributed by atoms with van der Waals surface area (Å²) in [5.74, 6) is -2.21. The summed E-state index contributed by atoms with van der Waals surface area (Å²) in [5.41, 5.74) is 2.16. The van der Waals surface area contributed by atoms with Crippen molar-refractivity contribution in [2.24, 2.45) is 0 Å². The van der Waals surface area contributed by atoms with E-state index in [4.69, 9.17) is 0 Å². The van der Waals surface area contributed by atoms with Gasteiger partial charge in [0.1, 0.15) is 0 Å². The Balaban J connectivity index is 2.00. The van der Waals surface area contributed by atoms with Crippen LogP contribution in [0.2, 0.25) is 0 Å². The molecule has 3 rings (SSSR count). The molecular weight excluding hydrogens is 324 g/mol. The molecule has 26 heavy (non-hydrogen) atoms. The van der Waals surface area contributed by atoms with Crippen molar-refractivity contribution in [2.75, 3.05) is 0 Å². The molecule has 2 atom stereocenters. The lowest BCUT2D eigenvalue weighted by Crippen LogP contribution is -2.22. The molecule has 0 amide bonds. The highest BCUT2D eigenvalue weighted by atomic mass is 16.4. The summed E-state index contributed by atoms with van der Waals surface area (Å²) >= 11 is 0. The van der Waals surface area contributed by atoms with Crippen LogP contribution in [0.5, 0.6) is 0 Å². The number of carbonyl (C=O) groups is 2. The Morgan fingerprint density at radius 3 is 1.65 bits per heavy atom. The summed E-state index contributed by atoms with van der Waals surface area (Å²) in [6, 6.07) is 27.6. The second-order valence-corrected chi connectivity index (χ2v) is 6.24. The first-order valence-corrected chi connectivity index (χ1v) is 8.58. The maximum Gasteiger partial charge on any atom is 0.311 e. The highest BCUT2D eigenvalue weighted by molar-refractivity contribution is 5.97. The number of hydrogen-bond donors (Lipinski definition) is 1. The average molecular weight is 344 g/mol. The Hall–Kier alpha value is -3.20. The maximum atomic E-state index is 12.8. The summed E-state index contributed by atoms with van der Waals surface area (Å²) in [5, 5.41) is 9.93. The van der Waals surface area contributed by atoms with E-state index in [1.165, 1.54) is 0 Å². The van der Waals surface area contributed by atoms with Gasteiger partial charge in [0.15, 0.2) is 5.78 Å². The zero-order valence-electron chi connectivity index (χ0n) is 14.3. The molecule has 3 heteroatoms. The molecule has 0 aromatic heterocycles. The molecule has 3 aromatic rings. The molecule has 3 nitrogen and oxygen atoms in total. The fraction of sp³-hybridized carbons (Fsp3) is 0.130. The van der Waals surface area contributed by atoms with Gasteiger partial charge >= 0.3 is 5.97 Å². The standard InChI is InChI=1S/C23H20O3/c24-21(18-12-6-2-7-13-18)16-20(17-10-4-1-5-11-17)22(23(25)26)19-14-8-3-9-15-19/h1-15,20,22H,16H2,(H,25,26). The highest BCUT2D eigenvalue weighted by Crippen LogP contribution is 2.37. The van der Waals surface area contributed by atoms with Gasteiger partial charge in [-0.3, -0.25) is 9.59 Å². The first-order chi connectivity index (χ1) is 12.7. The quantitative estimate of drug-likeness (QED) is 0.620. The Morgan fingerprint density at radius 2 is 1.15 bits per heavy atom. The first-order valence-electron chi connectivity index (χ1n) is 8.58. The first kappa shape index (κ1) is 17.6. The molecule has 0 aliphatic heterocycles. The van der Waals surface area contributed by atoms with Crippen molar-refractivity contribution in [1.29, 1.82) is 0 Å². The normalized spacial score (nSPS) is 12.9. The molecule has 3 aromatic carbocycles. The van der Waals surface area contributed by atoms with Gasteiger partial charge in [0, 0.05) is 17.9 Å². The van der Waals surface area contributed by atoms with E-state index in [0.717, 1.165) is 5.56 Å². The maximum absolute atomic E-state index is 12.8.